The van der Waals surface area contributed by atoms with Gasteiger partial charge in [0.2, 0.25) is 0 Å². The van der Waals surface area contributed by atoms with Gasteiger partial charge in [0, 0.05) is 17.3 Å². The van der Waals surface area contributed by atoms with Gasteiger partial charge in [0.05, 0.1) is 6.04 Å². The fourth-order valence-electron chi connectivity index (χ4n) is 3.11. The molecule has 1 aliphatic heterocycles. The Balaban J connectivity index is 1.70. The van der Waals surface area contributed by atoms with Crippen LogP contribution in [0, 0.1) is 0 Å². The number of ether oxygens (including phenoxy) is 2. The molecular weight excluding hydrogens is 370 g/mol. The van der Waals surface area contributed by atoms with E-state index in [1.165, 1.54) is 0 Å². The number of benzene rings is 2. The Morgan fingerprint density at radius 2 is 1.76 bits per heavy atom. The SMILES string of the molecule is CCC(NC(=O)c1cccc(NC(=O)NC(C)C)c1)c1ccc2c(c1)OCCO2. The lowest BCUT2D eigenvalue weighted by molar-refractivity contribution is 0.0935. The van der Waals surface area contributed by atoms with Crippen LogP contribution < -0.4 is 25.4 Å². The molecule has 154 valence electrons. The van der Waals surface area contributed by atoms with E-state index in [1.54, 1.807) is 24.3 Å². The second kappa shape index (κ2) is 9.32. The van der Waals surface area contributed by atoms with Crippen LogP contribution in [-0.2, 0) is 0 Å². The van der Waals surface area contributed by atoms with Crippen molar-refractivity contribution in [2.24, 2.45) is 0 Å². The first-order chi connectivity index (χ1) is 14.0. The Morgan fingerprint density at radius 1 is 1.00 bits per heavy atom. The number of anilines is 1. The molecule has 2 aromatic carbocycles. The number of fused-ring (bicyclic) bond motifs is 1. The van der Waals surface area contributed by atoms with Gasteiger partial charge < -0.3 is 25.4 Å². The second-order valence-electron chi connectivity index (χ2n) is 7.17. The van der Waals surface area contributed by atoms with Crippen molar-refractivity contribution in [3.8, 4) is 11.5 Å². The van der Waals surface area contributed by atoms with Gasteiger partial charge in [-0.05, 0) is 56.2 Å². The predicted molar refractivity (Wildman–Crippen MR) is 112 cm³/mol. The molecule has 29 heavy (non-hydrogen) atoms. The van der Waals surface area contributed by atoms with Crippen molar-refractivity contribution in [1.29, 1.82) is 0 Å². The van der Waals surface area contributed by atoms with Crippen molar-refractivity contribution in [3.05, 3.63) is 53.6 Å². The zero-order chi connectivity index (χ0) is 20.8. The summed E-state index contributed by atoms with van der Waals surface area (Å²) in [5.74, 6) is 1.21. The topological polar surface area (TPSA) is 88.7 Å². The Labute approximate surface area is 170 Å². The van der Waals surface area contributed by atoms with Crippen LogP contribution in [0.2, 0.25) is 0 Å². The molecule has 7 nitrogen and oxygen atoms in total. The molecule has 0 aliphatic carbocycles. The third-order valence-corrected chi connectivity index (χ3v) is 4.48. The number of urea groups is 1. The molecule has 0 aromatic heterocycles. The second-order valence-corrected chi connectivity index (χ2v) is 7.17. The van der Waals surface area contributed by atoms with Gasteiger partial charge in [-0.2, -0.15) is 0 Å². The zero-order valence-electron chi connectivity index (χ0n) is 17.0. The molecule has 7 heteroatoms. The first kappa shape index (κ1) is 20.5. The van der Waals surface area contributed by atoms with Crippen LogP contribution in [0.3, 0.4) is 0 Å². The summed E-state index contributed by atoms with van der Waals surface area (Å²) in [4.78, 5) is 24.7. The molecule has 0 bridgehead atoms. The maximum absolute atomic E-state index is 12.8. The lowest BCUT2D eigenvalue weighted by Crippen LogP contribution is -2.34. The molecule has 0 fully saturated rings. The van der Waals surface area contributed by atoms with Gasteiger partial charge in [-0.1, -0.05) is 19.1 Å². The van der Waals surface area contributed by atoms with Crippen LogP contribution in [0.1, 0.15) is 49.2 Å². The zero-order valence-corrected chi connectivity index (χ0v) is 17.0. The van der Waals surface area contributed by atoms with Crippen molar-refractivity contribution >= 4 is 17.6 Å². The molecule has 3 rings (SSSR count). The third-order valence-electron chi connectivity index (χ3n) is 4.48. The summed E-state index contributed by atoms with van der Waals surface area (Å²) in [6, 6.07) is 12.1. The fourth-order valence-corrected chi connectivity index (χ4v) is 3.11. The number of carbonyl (C=O) groups excluding carboxylic acids is 2. The van der Waals surface area contributed by atoms with E-state index in [1.807, 2.05) is 39.0 Å². The van der Waals surface area contributed by atoms with E-state index >= 15 is 0 Å². The summed E-state index contributed by atoms with van der Waals surface area (Å²) in [5, 5.41) is 8.55. The third kappa shape index (κ3) is 5.40. The number of rotatable bonds is 6. The van der Waals surface area contributed by atoms with E-state index in [9.17, 15) is 9.59 Å². The molecule has 0 saturated heterocycles. The van der Waals surface area contributed by atoms with Crippen molar-refractivity contribution in [3.63, 3.8) is 0 Å². The molecular formula is C22H27N3O4. The summed E-state index contributed by atoms with van der Waals surface area (Å²) >= 11 is 0. The lowest BCUT2D eigenvalue weighted by atomic mass is 10.0. The molecule has 1 atom stereocenters. The van der Waals surface area contributed by atoms with Crippen LogP contribution in [0.15, 0.2) is 42.5 Å². The Hall–Kier alpha value is -3.22. The normalized spacial score (nSPS) is 13.5. The van der Waals surface area contributed by atoms with Crippen LogP contribution in [0.4, 0.5) is 10.5 Å². The van der Waals surface area contributed by atoms with Gasteiger partial charge in [0.15, 0.2) is 11.5 Å². The standard InChI is InChI=1S/C22H27N3O4/c1-4-18(15-8-9-19-20(13-15)29-11-10-28-19)25-21(26)16-6-5-7-17(12-16)24-22(27)23-14(2)3/h5-9,12-14,18H,4,10-11H2,1-3H3,(H,25,26)(H2,23,24,27). The van der Waals surface area contributed by atoms with Crippen LogP contribution in [-0.4, -0.2) is 31.2 Å². The lowest BCUT2D eigenvalue weighted by Gasteiger charge is -2.22. The quantitative estimate of drug-likeness (QED) is 0.690. The average molecular weight is 397 g/mol. The molecule has 0 spiro atoms. The van der Waals surface area contributed by atoms with E-state index in [0.717, 1.165) is 17.7 Å². The van der Waals surface area contributed by atoms with Crippen LogP contribution in [0.25, 0.3) is 0 Å². The minimum Gasteiger partial charge on any atom is -0.486 e. The van der Waals surface area contributed by atoms with Gasteiger partial charge in [0.25, 0.3) is 5.91 Å². The fraction of sp³-hybridized carbons (Fsp3) is 0.364. The van der Waals surface area contributed by atoms with Gasteiger partial charge in [-0.3, -0.25) is 4.79 Å². The minimum atomic E-state index is -0.305. The number of carbonyl (C=O) groups is 2. The van der Waals surface area contributed by atoms with E-state index < -0.39 is 0 Å². The van der Waals surface area contributed by atoms with Gasteiger partial charge in [-0.15, -0.1) is 0 Å². The van der Waals surface area contributed by atoms with E-state index in [2.05, 4.69) is 16.0 Å². The first-order valence-corrected chi connectivity index (χ1v) is 9.84. The van der Waals surface area contributed by atoms with Gasteiger partial charge >= 0.3 is 6.03 Å². The summed E-state index contributed by atoms with van der Waals surface area (Å²) in [6.45, 7) is 6.83. The van der Waals surface area contributed by atoms with Crippen molar-refractivity contribution in [2.45, 2.75) is 39.3 Å². The van der Waals surface area contributed by atoms with Crippen molar-refractivity contribution in [1.82, 2.24) is 10.6 Å². The van der Waals surface area contributed by atoms with E-state index in [0.29, 0.717) is 30.2 Å². The van der Waals surface area contributed by atoms with Crippen molar-refractivity contribution < 1.29 is 19.1 Å². The number of hydrogen-bond acceptors (Lipinski definition) is 4. The van der Waals surface area contributed by atoms with Crippen molar-refractivity contribution in [2.75, 3.05) is 18.5 Å². The molecule has 2 aromatic rings. The maximum atomic E-state index is 12.8. The van der Waals surface area contributed by atoms with Gasteiger partial charge in [0.1, 0.15) is 13.2 Å². The molecule has 0 radical (unpaired) electrons. The summed E-state index contributed by atoms with van der Waals surface area (Å²) in [5.41, 5.74) is 1.99. The highest BCUT2D eigenvalue weighted by atomic mass is 16.6. The monoisotopic (exact) mass is 397 g/mol. The minimum absolute atomic E-state index is 0.0257. The summed E-state index contributed by atoms with van der Waals surface area (Å²) in [6.07, 6.45) is 0.722. The van der Waals surface area contributed by atoms with Crippen LogP contribution >= 0.6 is 0 Å². The predicted octanol–water partition coefficient (Wildman–Crippen LogP) is 3.87. The van der Waals surface area contributed by atoms with E-state index in [-0.39, 0.29) is 24.0 Å². The highest BCUT2D eigenvalue weighted by Crippen LogP contribution is 2.33. The molecule has 1 unspecified atom stereocenters. The number of amides is 3. The molecule has 3 N–H and O–H groups in total. The number of hydrogen-bond donors (Lipinski definition) is 3. The summed E-state index contributed by atoms with van der Waals surface area (Å²) < 4.78 is 11.2. The first-order valence-electron chi connectivity index (χ1n) is 9.84. The van der Waals surface area contributed by atoms with Crippen LogP contribution in [0.5, 0.6) is 11.5 Å². The molecule has 1 heterocycles. The molecule has 0 saturated carbocycles. The largest absolute Gasteiger partial charge is 0.486 e. The highest BCUT2D eigenvalue weighted by Gasteiger charge is 2.18. The smallest absolute Gasteiger partial charge is 0.319 e. The highest BCUT2D eigenvalue weighted by molar-refractivity contribution is 5.97. The average Bonchev–Trinajstić information content (AvgIpc) is 2.71. The molecule has 1 aliphatic rings. The summed E-state index contributed by atoms with van der Waals surface area (Å²) in [7, 11) is 0. The van der Waals surface area contributed by atoms with E-state index in [4.69, 9.17) is 9.47 Å². The number of nitrogens with one attached hydrogen (secondary N) is 3. The maximum Gasteiger partial charge on any atom is 0.319 e. The Morgan fingerprint density at radius 3 is 2.48 bits per heavy atom. The molecule has 3 amide bonds. The Bertz CT molecular complexity index is 882. The van der Waals surface area contributed by atoms with Gasteiger partial charge in [-0.25, -0.2) is 4.79 Å². The Kier molecular flexibility index (Phi) is 6.59.